The average molecular weight is 369 g/mol. The Hall–Kier alpha value is -2.55. The summed E-state index contributed by atoms with van der Waals surface area (Å²) >= 11 is 0. The predicted molar refractivity (Wildman–Crippen MR) is 99.6 cm³/mol. The van der Waals surface area contributed by atoms with E-state index >= 15 is 0 Å². The molecule has 3 aromatic rings. The van der Waals surface area contributed by atoms with Crippen LogP contribution in [0.15, 0.2) is 43.0 Å². The van der Waals surface area contributed by atoms with Crippen LogP contribution in [0.25, 0.3) is 11.2 Å². The maximum Gasteiger partial charge on any atom is 0.165 e. The molecule has 0 bridgehead atoms. The molecule has 0 amide bonds. The summed E-state index contributed by atoms with van der Waals surface area (Å²) in [5.74, 6) is 0.0880. The lowest BCUT2D eigenvalue weighted by Gasteiger charge is -2.30. The van der Waals surface area contributed by atoms with Gasteiger partial charge >= 0.3 is 0 Å². The van der Waals surface area contributed by atoms with Crippen molar-refractivity contribution in [1.82, 2.24) is 19.5 Å². The first-order valence-corrected chi connectivity index (χ1v) is 8.93. The third-order valence-electron chi connectivity index (χ3n) is 5.41. The van der Waals surface area contributed by atoms with E-state index in [2.05, 4.69) is 15.0 Å². The van der Waals surface area contributed by atoms with Gasteiger partial charge in [-0.15, -0.1) is 0 Å². The second kappa shape index (κ2) is 6.88. The van der Waals surface area contributed by atoms with Crippen LogP contribution in [-0.2, 0) is 11.3 Å². The van der Waals surface area contributed by atoms with Crippen molar-refractivity contribution < 1.29 is 14.9 Å². The summed E-state index contributed by atoms with van der Waals surface area (Å²) in [6, 6.07) is 9.47. The molecule has 1 saturated carbocycles. The molecule has 1 aromatic carbocycles. The zero-order chi connectivity index (χ0) is 19.0. The molecule has 8 heteroatoms. The minimum atomic E-state index is -1.34. The van der Waals surface area contributed by atoms with Crippen molar-refractivity contribution in [2.24, 2.45) is 5.92 Å². The van der Waals surface area contributed by atoms with E-state index in [1.54, 1.807) is 17.8 Å². The van der Waals surface area contributed by atoms with E-state index in [-0.39, 0.29) is 5.92 Å². The largest absolute Gasteiger partial charge is 0.390 e. The number of nitrogens with zero attached hydrogens (tertiary/aromatic N) is 4. The molecule has 4 N–H and O–H groups in total. The lowest BCUT2D eigenvalue weighted by atomic mass is 9.96. The fraction of sp³-hybridized carbons (Fsp3) is 0.421. The molecule has 0 unspecified atom stereocenters. The van der Waals surface area contributed by atoms with Crippen molar-refractivity contribution in [3.05, 3.63) is 48.5 Å². The van der Waals surface area contributed by atoms with Gasteiger partial charge in [0, 0.05) is 5.92 Å². The number of rotatable bonds is 5. The predicted octanol–water partition coefficient (Wildman–Crippen LogP) is 1.30. The minimum Gasteiger partial charge on any atom is -0.390 e. The van der Waals surface area contributed by atoms with Gasteiger partial charge in [-0.25, -0.2) is 15.0 Å². The number of benzene rings is 1. The Morgan fingerprint density at radius 2 is 2.04 bits per heavy atom. The molecule has 142 valence electrons. The van der Waals surface area contributed by atoms with Gasteiger partial charge in [0.05, 0.1) is 31.7 Å². The summed E-state index contributed by atoms with van der Waals surface area (Å²) in [5, 5.41) is 21.7. The molecular formula is C19H23N5O3. The Morgan fingerprint density at radius 1 is 1.26 bits per heavy atom. The van der Waals surface area contributed by atoms with Gasteiger partial charge in [-0.3, -0.25) is 0 Å². The van der Waals surface area contributed by atoms with Gasteiger partial charge in [-0.05, 0) is 18.9 Å². The van der Waals surface area contributed by atoms with Crippen LogP contribution in [0.3, 0.4) is 0 Å². The van der Waals surface area contributed by atoms with Crippen LogP contribution < -0.4 is 5.73 Å². The number of hydrogen-bond acceptors (Lipinski definition) is 7. The molecule has 1 fully saturated rings. The lowest BCUT2D eigenvalue weighted by Crippen LogP contribution is -2.43. The first kappa shape index (κ1) is 17.8. The van der Waals surface area contributed by atoms with Crippen LogP contribution in [0, 0.1) is 5.92 Å². The normalized spacial score (nSPS) is 28.0. The van der Waals surface area contributed by atoms with Crippen molar-refractivity contribution >= 4 is 17.0 Å². The van der Waals surface area contributed by atoms with E-state index in [1.165, 1.54) is 6.33 Å². The number of ether oxygens (including phenoxy) is 1. The molecule has 0 aliphatic heterocycles. The molecule has 4 rings (SSSR count). The molecule has 0 spiro atoms. The maximum atomic E-state index is 11.0. The summed E-state index contributed by atoms with van der Waals surface area (Å²) in [7, 11) is 0. The molecular weight excluding hydrogens is 346 g/mol. The van der Waals surface area contributed by atoms with Crippen LogP contribution in [0.2, 0.25) is 0 Å². The smallest absolute Gasteiger partial charge is 0.165 e. The summed E-state index contributed by atoms with van der Waals surface area (Å²) in [4.78, 5) is 12.5. The number of aliphatic hydroxyl groups is 2. The van der Waals surface area contributed by atoms with Crippen molar-refractivity contribution in [1.29, 1.82) is 0 Å². The van der Waals surface area contributed by atoms with Gasteiger partial charge in [0.1, 0.15) is 17.4 Å². The van der Waals surface area contributed by atoms with Gasteiger partial charge in [-0.1, -0.05) is 30.3 Å². The van der Waals surface area contributed by atoms with Crippen LogP contribution in [-0.4, -0.2) is 48.0 Å². The monoisotopic (exact) mass is 369 g/mol. The molecule has 1 aliphatic carbocycles. The number of anilines is 1. The molecule has 27 heavy (non-hydrogen) atoms. The third-order valence-corrected chi connectivity index (χ3v) is 5.41. The zero-order valence-corrected chi connectivity index (χ0v) is 15.1. The van der Waals surface area contributed by atoms with Gasteiger partial charge in [0.2, 0.25) is 0 Å². The fourth-order valence-corrected chi connectivity index (χ4v) is 3.88. The molecule has 0 saturated heterocycles. The zero-order valence-electron chi connectivity index (χ0n) is 15.1. The van der Waals surface area contributed by atoms with Crippen molar-refractivity contribution in [3.63, 3.8) is 0 Å². The minimum absolute atomic E-state index is 0.203. The number of aromatic nitrogens is 4. The van der Waals surface area contributed by atoms with E-state index < -0.39 is 17.7 Å². The number of hydrogen-bond donors (Lipinski definition) is 3. The summed E-state index contributed by atoms with van der Waals surface area (Å²) in [5.41, 5.74) is 6.62. The van der Waals surface area contributed by atoms with Crippen LogP contribution in [0.5, 0.6) is 0 Å². The SMILES string of the molecule is C[C@@]1(O)[C@H](O)[C@@H](COCc2ccccc2)C[C@H]1n1cnc2c(N)ncnc21. The molecule has 8 nitrogen and oxygen atoms in total. The first-order valence-electron chi connectivity index (χ1n) is 8.93. The Balaban J connectivity index is 1.51. The quantitative estimate of drug-likeness (QED) is 0.620. The Morgan fingerprint density at radius 3 is 2.81 bits per heavy atom. The van der Waals surface area contributed by atoms with Crippen molar-refractivity contribution in [2.75, 3.05) is 12.3 Å². The number of fused-ring (bicyclic) bond motifs is 1. The van der Waals surface area contributed by atoms with E-state index in [0.717, 1.165) is 5.56 Å². The van der Waals surface area contributed by atoms with Crippen LogP contribution in [0.1, 0.15) is 24.9 Å². The lowest BCUT2D eigenvalue weighted by molar-refractivity contribution is -0.0824. The number of nitrogen functional groups attached to an aromatic ring is 1. The van der Waals surface area contributed by atoms with Gasteiger partial charge in [0.25, 0.3) is 0 Å². The molecule has 2 heterocycles. The van der Waals surface area contributed by atoms with Crippen molar-refractivity contribution in [3.8, 4) is 0 Å². The Kier molecular flexibility index (Phi) is 4.55. The number of aliphatic hydroxyl groups excluding tert-OH is 1. The van der Waals surface area contributed by atoms with E-state index in [1.807, 2.05) is 30.3 Å². The summed E-state index contributed by atoms with van der Waals surface area (Å²) in [6.45, 7) is 2.46. The maximum absolute atomic E-state index is 11.0. The highest BCUT2D eigenvalue weighted by Gasteiger charge is 2.51. The number of imidazole rings is 1. The fourth-order valence-electron chi connectivity index (χ4n) is 3.88. The molecule has 1 aliphatic rings. The second-order valence-corrected chi connectivity index (χ2v) is 7.27. The molecule has 0 radical (unpaired) electrons. The second-order valence-electron chi connectivity index (χ2n) is 7.27. The van der Waals surface area contributed by atoms with Gasteiger partial charge < -0.3 is 25.3 Å². The highest BCUT2D eigenvalue weighted by molar-refractivity contribution is 5.81. The van der Waals surface area contributed by atoms with Gasteiger partial charge in [0.15, 0.2) is 11.5 Å². The average Bonchev–Trinajstić information content (AvgIpc) is 3.18. The van der Waals surface area contributed by atoms with Crippen molar-refractivity contribution in [2.45, 2.75) is 37.7 Å². The Bertz CT molecular complexity index is 927. The van der Waals surface area contributed by atoms with E-state index in [4.69, 9.17) is 10.5 Å². The molecule has 4 atom stereocenters. The third kappa shape index (κ3) is 3.16. The summed E-state index contributed by atoms with van der Waals surface area (Å²) in [6.07, 6.45) is 2.58. The highest BCUT2D eigenvalue weighted by atomic mass is 16.5. The van der Waals surface area contributed by atoms with Crippen LogP contribution in [0.4, 0.5) is 5.82 Å². The van der Waals surface area contributed by atoms with E-state index in [0.29, 0.717) is 36.6 Å². The van der Waals surface area contributed by atoms with Crippen LogP contribution >= 0.6 is 0 Å². The highest BCUT2D eigenvalue weighted by Crippen LogP contribution is 2.44. The topological polar surface area (TPSA) is 119 Å². The Labute approximate surface area is 156 Å². The number of nitrogens with two attached hydrogens (primary N) is 1. The molecule has 2 aromatic heterocycles. The standard InChI is InChI=1S/C19H23N5O3/c1-19(26)14(24-11-23-15-17(20)21-10-22-18(15)24)7-13(16(19)25)9-27-8-12-5-3-2-4-6-12/h2-6,10-11,13-14,16,25-26H,7-9H2,1H3,(H2,20,21,22)/t13-,14-,16-,19+/m1/s1. The van der Waals surface area contributed by atoms with E-state index in [9.17, 15) is 10.2 Å². The first-order chi connectivity index (χ1) is 13.0. The summed E-state index contributed by atoms with van der Waals surface area (Å²) < 4.78 is 7.57. The van der Waals surface area contributed by atoms with Gasteiger partial charge in [-0.2, -0.15) is 0 Å².